The number of hydrogen-bond donors (Lipinski definition) is 1. The minimum atomic E-state index is -0.00495. The third kappa shape index (κ3) is 3.40. The van der Waals surface area contributed by atoms with Gasteiger partial charge in [0.1, 0.15) is 4.83 Å². The number of nitrogens with one attached hydrogen (secondary N) is 1. The number of amides is 1. The molecule has 6 heteroatoms. The predicted molar refractivity (Wildman–Crippen MR) is 121 cm³/mol. The maximum absolute atomic E-state index is 13.1. The van der Waals surface area contributed by atoms with Crippen molar-refractivity contribution in [2.75, 3.05) is 0 Å². The van der Waals surface area contributed by atoms with Gasteiger partial charge in [-0.2, -0.15) is 5.10 Å². The van der Waals surface area contributed by atoms with E-state index in [9.17, 15) is 4.79 Å². The molecule has 29 heavy (non-hydrogen) atoms. The van der Waals surface area contributed by atoms with Crippen LogP contribution in [0.1, 0.15) is 45.4 Å². The van der Waals surface area contributed by atoms with Crippen LogP contribution in [0.2, 0.25) is 0 Å². The Morgan fingerprint density at radius 2 is 2.00 bits per heavy atom. The van der Waals surface area contributed by atoms with Gasteiger partial charge in [0.05, 0.1) is 22.3 Å². The summed E-state index contributed by atoms with van der Waals surface area (Å²) in [5.74, 6) is -0.00495. The summed E-state index contributed by atoms with van der Waals surface area (Å²) in [4.78, 5) is 14.8. The molecule has 0 radical (unpaired) electrons. The second-order valence-corrected chi connectivity index (χ2v) is 9.37. The van der Waals surface area contributed by atoms with Crippen molar-refractivity contribution in [3.63, 3.8) is 0 Å². The lowest BCUT2D eigenvalue weighted by molar-refractivity contribution is 0.0937. The molecule has 0 bridgehead atoms. The van der Waals surface area contributed by atoms with Gasteiger partial charge in [0.25, 0.3) is 5.91 Å². The molecule has 4 nitrogen and oxygen atoms in total. The number of hydrogen-bond acceptors (Lipinski definition) is 3. The molecule has 2 aromatic carbocycles. The normalized spacial score (nSPS) is 16.0. The van der Waals surface area contributed by atoms with E-state index in [4.69, 9.17) is 0 Å². The molecule has 4 aromatic rings. The number of benzene rings is 2. The van der Waals surface area contributed by atoms with Crippen LogP contribution in [0.3, 0.4) is 0 Å². The zero-order valence-electron chi connectivity index (χ0n) is 16.0. The van der Waals surface area contributed by atoms with E-state index in [-0.39, 0.29) is 11.9 Å². The number of thiophene rings is 1. The maximum Gasteiger partial charge on any atom is 0.261 e. The monoisotopic (exact) mass is 465 g/mol. The van der Waals surface area contributed by atoms with E-state index in [1.165, 1.54) is 22.5 Å². The van der Waals surface area contributed by atoms with E-state index in [1.807, 2.05) is 41.9 Å². The van der Waals surface area contributed by atoms with Gasteiger partial charge in [0, 0.05) is 9.86 Å². The number of rotatable bonds is 3. The number of aryl methyl sites for hydroxylation is 2. The summed E-state index contributed by atoms with van der Waals surface area (Å²) in [5, 5.41) is 8.97. The molecule has 2 heterocycles. The largest absolute Gasteiger partial charge is 0.345 e. The Morgan fingerprint density at radius 1 is 1.21 bits per heavy atom. The van der Waals surface area contributed by atoms with E-state index >= 15 is 0 Å². The van der Waals surface area contributed by atoms with Gasteiger partial charge in [-0.15, -0.1) is 11.3 Å². The quantitative estimate of drug-likeness (QED) is 0.405. The molecule has 1 atom stereocenters. The Morgan fingerprint density at radius 3 is 2.83 bits per heavy atom. The topological polar surface area (TPSA) is 46.9 Å². The summed E-state index contributed by atoms with van der Waals surface area (Å²) < 4.78 is 2.95. The third-order valence-corrected chi connectivity index (χ3v) is 7.15. The number of halogens is 1. The lowest BCUT2D eigenvalue weighted by atomic mass is 9.88. The molecule has 0 spiro atoms. The molecule has 0 aliphatic heterocycles. The van der Waals surface area contributed by atoms with Crippen molar-refractivity contribution < 1.29 is 4.79 Å². The van der Waals surface area contributed by atoms with Gasteiger partial charge in [-0.05, 0) is 67.6 Å². The first kappa shape index (κ1) is 18.6. The highest BCUT2D eigenvalue weighted by Crippen LogP contribution is 2.33. The van der Waals surface area contributed by atoms with E-state index < -0.39 is 0 Å². The Kier molecular flexibility index (Phi) is 4.76. The first-order chi connectivity index (χ1) is 14.1. The van der Waals surface area contributed by atoms with Crippen molar-refractivity contribution in [3.8, 4) is 5.69 Å². The Labute approximate surface area is 181 Å². The summed E-state index contributed by atoms with van der Waals surface area (Å²) in [7, 11) is 0. The van der Waals surface area contributed by atoms with Gasteiger partial charge in [-0.1, -0.05) is 40.2 Å². The highest BCUT2D eigenvalue weighted by molar-refractivity contribution is 9.10. The Balaban J connectivity index is 1.46. The minimum Gasteiger partial charge on any atom is -0.345 e. The van der Waals surface area contributed by atoms with Crippen LogP contribution < -0.4 is 5.32 Å². The summed E-state index contributed by atoms with van der Waals surface area (Å²) in [6.07, 6.45) is 3.18. The van der Waals surface area contributed by atoms with E-state index in [1.54, 1.807) is 0 Å². The molecular formula is C23H20BrN3OS. The first-order valence-corrected chi connectivity index (χ1v) is 11.3. The van der Waals surface area contributed by atoms with E-state index in [2.05, 4.69) is 50.6 Å². The zero-order valence-corrected chi connectivity index (χ0v) is 18.4. The third-order valence-electron chi connectivity index (χ3n) is 5.51. The molecule has 1 aliphatic carbocycles. The van der Waals surface area contributed by atoms with E-state index in [0.29, 0.717) is 0 Å². The lowest BCUT2D eigenvalue weighted by Gasteiger charge is -2.26. The van der Waals surface area contributed by atoms with Crippen molar-refractivity contribution in [1.82, 2.24) is 15.1 Å². The number of nitrogens with zero attached hydrogens (tertiary/aromatic N) is 2. The average Bonchev–Trinajstić information content (AvgIpc) is 3.30. The van der Waals surface area contributed by atoms with Gasteiger partial charge in [0.15, 0.2) is 0 Å². The van der Waals surface area contributed by atoms with Crippen LogP contribution in [0, 0.1) is 6.92 Å². The highest BCUT2D eigenvalue weighted by atomic mass is 79.9. The molecule has 1 amide bonds. The number of aromatic nitrogens is 2. The molecule has 146 valence electrons. The summed E-state index contributed by atoms with van der Waals surface area (Å²) in [5.41, 5.74) is 4.52. The zero-order chi connectivity index (χ0) is 20.0. The molecule has 1 N–H and O–H groups in total. The van der Waals surface area contributed by atoms with Crippen LogP contribution in [-0.2, 0) is 6.42 Å². The lowest BCUT2D eigenvalue weighted by Crippen LogP contribution is -2.30. The Hall–Kier alpha value is -2.44. The molecule has 0 saturated heterocycles. The van der Waals surface area contributed by atoms with Gasteiger partial charge >= 0.3 is 0 Å². The smallest absolute Gasteiger partial charge is 0.261 e. The van der Waals surface area contributed by atoms with Crippen molar-refractivity contribution in [1.29, 1.82) is 0 Å². The van der Waals surface area contributed by atoms with E-state index in [0.717, 1.165) is 50.2 Å². The second kappa shape index (κ2) is 7.43. The number of carbonyl (C=O) groups is 1. The molecule has 0 saturated carbocycles. The molecule has 1 unspecified atom stereocenters. The van der Waals surface area contributed by atoms with Crippen LogP contribution in [0.15, 0.2) is 59.1 Å². The Bertz CT molecular complexity index is 1210. The van der Waals surface area contributed by atoms with Gasteiger partial charge < -0.3 is 5.32 Å². The van der Waals surface area contributed by atoms with Gasteiger partial charge in [-0.3, -0.25) is 4.79 Å². The SMILES string of the molecule is Cc1nn(-c2ccc(Br)cc2)c2sc(C(=O)NC3CCCc4ccccc43)cc12. The van der Waals surface area contributed by atoms with Crippen molar-refractivity contribution in [3.05, 3.63) is 80.8 Å². The summed E-state index contributed by atoms with van der Waals surface area (Å²) in [6.45, 7) is 1.99. The fourth-order valence-electron chi connectivity index (χ4n) is 4.05. The average molecular weight is 466 g/mol. The summed E-state index contributed by atoms with van der Waals surface area (Å²) in [6, 6.07) is 18.5. The second-order valence-electron chi connectivity index (χ2n) is 7.42. The summed E-state index contributed by atoms with van der Waals surface area (Å²) >= 11 is 4.97. The fraction of sp³-hybridized carbons (Fsp3) is 0.217. The van der Waals surface area contributed by atoms with Crippen LogP contribution >= 0.6 is 27.3 Å². The standard InChI is InChI=1S/C23H20BrN3OS/c1-14-19-13-21(29-23(19)27(26-14)17-11-9-16(24)10-12-17)22(28)25-20-8-4-6-15-5-2-3-7-18(15)20/h2-3,5,7,9-13,20H,4,6,8H2,1H3,(H,25,28). The van der Waals surface area contributed by atoms with Gasteiger partial charge in [0.2, 0.25) is 0 Å². The van der Waals surface area contributed by atoms with Crippen LogP contribution in [0.4, 0.5) is 0 Å². The number of carbonyl (C=O) groups excluding carboxylic acids is 1. The molecule has 0 fully saturated rings. The predicted octanol–water partition coefficient (Wildman–Crippen LogP) is 5.97. The minimum absolute atomic E-state index is 0.00495. The molecule has 5 rings (SSSR count). The molecule has 2 aromatic heterocycles. The van der Waals surface area contributed by atoms with Crippen LogP contribution in [0.25, 0.3) is 15.9 Å². The first-order valence-electron chi connectivity index (χ1n) is 9.74. The fourth-order valence-corrected chi connectivity index (χ4v) is 5.40. The van der Waals surface area contributed by atoms with Crippen molar-refractivity contribution in [2.24, 2.45) is 0 Å². The highest BCUT2D eigenvalue weighted by Gasteiger charge is 2.24. The van der Waals surface area contributed by atoms with Crippen molar-refractivity contribution >= 4 is 43.4 Å². The van der Waals surface area contributed by atoms with Crippen LogP contribution in [0.5, 0.6) is 0 Å². The maximum atomic E-state index is 13.1. The van der Waals surface area contributed by atoms with Crippen molar-refractivity contribution in [2.45, 2.75) is 32.2 Å². The van der Waals surface area contributed by atoms with Gasteiger partial charge in [-0.25, -0.2) is 4.68 Å². The molecule has 1 aliphatic rings. The van der Waals surface area contributed by atoms with Crippen LogP contribution in [-0.4, -0.2) is 15.7 Å². The molecular weight excluding hydrogens is 446 g/mol. The number of fused-ring (bicyclic) bond motifs is 2.